The molecule has 0 spiro atoms. The molecule has 0 radical (unpaired) electrons. The number of thioether (sulfide) groups is 1. The van der Waals surface area contributed by atoms with E-state index in [1.165, 1.54) is 19.1 Å². The first kappa shape index (κ1) is 17.7. The van der Waals surface area contributed by atoms with Crippen molar-refractivity contribution < 1.29 is 13.7 Å². The minimum Gasteiger partial charge on any atom is -0.360 e. The monoisotopic (exact) mass is 335 g/mol. The number of rotatable bonds is 8. The van der Waals surface area contributed by atoms with Crippen LogP contribution < -0.4 is 0 Å². The predicted molar refractivity (Wildman–Crippen MR) is 90.4 cm³/mol. The summed E-state index contributed by atoms with van der Waals surface area (Å²) in [6, 6.07) is 6.59. The maximum absolute atomic E-state index is 13.2. The van der Waals surface area contributed by atoms with Crippen molar-refractivity contribution in [3.05, 3.63) is 47.1 Å². The molecule has 1 heterocycles. The SMILES string of the molecule is CCCCCC(Sc1c(C(C)=O)noc1C)c1ccc(F)cc1. The number of hydrogen-bond acceptors (Lipinski definition) is 4. The van der Waals surface area contributed by atoms with Gasteiger partial charge < -0.3 is 4.52 Å². The second kappa shape index (κ2) is 8.29. The smallest absolute Gasteiger partial charge is 0.182 e. The summed E-state index contributed by atoms with van der Waals surface area (Å²) >= 11 is 1.59. The Morgan fingerprint density at radius 3 is 2.61 bits per heavy atom. The van der Waals surface area contributed by atoms with Crippen molar-refractivity contribution in [2.24, 2.45) is 0 Å². The van der Waals surface area contributed by atoms with Crippen LogP contribution in [0.2, 0.25) is 0 Å². The van der Waals surface area contributed by atoms with Crippen LogP contribution >= 0.6 is 11.8 Å². The third-order valence-electron chi connectivity index (χ3n) is 3.71. The predicted octanol–water partition coefficient (Wildman–Crippen LogP) is 5.74. The lowest BCUT2D eigenvalue weighted by molar-refractivity contribution is 0.100. The molecule has 1 aromatic carbocycles. The highest BCUT2D eigenvalue weighted by Gasteiger charge is 2.22. The number of nitrogens with zero attached hydrogens (tertiary/aromatic N) is 1. The van der Waals surface area contributed by atoms with Crippen molar-refractivity contribution >= 4 is 17.5 Å². The molecule has 23 heavy (non-hydrogen) atoms. The average Bonchev–Trinajstić information content (AvgIpc) is 2.88. The van der Waals surface area contributed by atoms with Gasteiger partial charge in [0, 0.05) is 12.2 Å². The van der Waals surface area contributed by atoms with E-state index in [0.717, 1.165) is 36.1 Å². The summed E-state index contributed by atoms with van der Waals surface area (Å²) in [6.07, 6.45) is 4.35. The Balaban J connectivity index is 2.25. The molecule has 0 aliphatic carbocycles. The summed E-state index contributed by atoms with van der Waals surface area (Å²) in [7, 11) is 0. The Morgan fingerprint density at radius 1 is 1.30 bits per heavy atom. The van der Waals surface area contributed by atoms with Crippen LogP contribution in [-0.4, -0.2) is 10.9 Å². The fourth-order valence-electron chi connectivity index (χ4n) is 2.42. The van der Waals surface area contributed by atoms with E-state index in [-0.39, 0.29) is 16.9 Å². The molecule has 0 aliphatic heterocycles. The van der Waals surface area contributed by atoms with Gasteiger partial charge >= 0.3 is 0 Å². The molecule has 0 saturated carbocycles. The number of unbranched alkanes of at least 4 members (excludes halogenated alkanes) is 2. The highest BCUT2D eigenvalue weighted by molar-refractivity contribution is 7.99. The Kier molecular flexibility index (Phi) is 6.39. The highest BCUT2D eigenvalue weighted by Crippen LogP contribution is 2.42. The van der Waals surface area contributed by atoms with Gasteiger partial charge in [-0.25, -0.2) is 4.39 Å². The number of aryl methyl sites for hydroxylation is 1. The van der Waals surface area contributed by atoms with E-state index in [9.17, 15) is 9.18 Å². The molecule has 3 nitrogen and oxygen atoms in total. The third-order valence-corrected chi connectivity index (χ3v) is 5.22. The second-order valence-electron chi connectivity index (χ2n) is 5.63. The van der Waals surface area contributed by atoms with Crippen LogP contribution in [-0.2, 0) is 0 Å². The molecule has 2 aromatic rings. The Morgan fingerprint density at radius 2 is 2.00 bits per heavy atom. The largest absolute Gasteiger partial charge is 0.360 e. The minimum absolute atomic E-state index is 0.101. The van der Waals surface area contributed by atoms with Gasteiger partial charge in [0.2, 0.25) is 0 Å². The topological polar surface area (TPSA) is 43.1 Å². The summed E-state index contributed by atoms with van der Waals surface area (Å²) in [5.74, 6) is 0.315. The van der Waals surface area contributed by atoms with E-state index >= 15 is 0 Å². The standard InChI is InChI=1S/C18H22FNO2S/c1-4-5-6-7-16(14-8-10-15(19)11-9-14)23-18-13(3)22-20-17(18)12(2)21/h8-11,16H,4-7H2,1-3H3. The van der Waals surface area contributed by atoms with Gasteiger partial charge in [0.05, 0.1) is 4.90 Å². The molecule has 0 bridgehead atoms. The first-order valence-electron chi connectivity index (χ1n) is 7.92. The average molecular weight is 335 g/mol. The van der Waals surface area contributed by atoms with Gasteiger partial charge in [-0.05, 0) is 31.0 Å². The molecule has 0 aliphatic rings. The van der Waals surface area contributed by atoms with Gasteiger partial charge in [0.25, 0.3) is 0 Å². The summed E-state index contributed by atoms with van der Waals surface area (Å²) < 4.78 is 18.4. The molecule has 5 heteroatoms. The summed E-state index contributed by atoms with van der Waals surface area (Å²) in [5, 5.41) is 4.02. The molecule has 1 aromatic heterocycles. The van der Waals surface area contributed by atoms with Gasteiger partial charge in [0.1, 0.15) is 11.6 Å². The zero-order valence-corrected chi connectivity index (χ0v) is 14.6. The van der Waals surface area contributed by atoms with Gasteiger partial charge in [-0.15, -0.1) is 11.8 Å². The number of hydrogen-bond donors (Lipinski definition) is 0. The lowest BCUT2D eigenvalue weighted by atomic mass is 10.1. The van der Waals surface area contributed by atoms with Gasteiger partial charge in [0.15, 0.2) is 11.5 Å². The molecule has 1 unspecified atom stereocenters. The molecule has 2 rings (SSSR count). The molecule has 0 N–H and O–H groups in total. The zero-order chi connectivity index (χ0) is 16.8. The van der Waals surface area contributed by atoms with Crippen molar-refractivity contribution in [2.45, 2.75) is 56.6 Å². The third kappa shape index (κ3) is 4.67. The lowest BCUT2D eigenvalue weighted by Crippen LogP contribution is -1.99. The highest BCUT2D eigenvalue weighted by atomic mass is 32.2. The maximum Gasteiger partial charge on any atom is 0.182 e. The molecule has 1 atom stereocenters. The van der Waals surface area contributed by atoms with Crippen LogP contribution in [0.15, 0.2) is 33.7 Å². The number of carbonyl (C=O) groups excluding carboxylic acids is 1. The lowest BCUT2D eigenvalue weighted by Gasteiger charge is -2.17. The molecule has 0 fully saturated rings. The van der Waals surface area contributed by atoms with Gasteiger partial charge in [-0.3, -0.25) is 4.79 Å². The van der Waals surface area contributed by atoms with Crippen LogP contribution in [0.1, 0.15) is 66.6 Å². The van der Waals surface area contributed by atoms with Crippen LogP contribution in [0, 0.1) is 12.7 Å². The molecule has 0 amide bonds. The molecular weight excluding hydrogens is 313 g/mol. The molecular formula is C18H22FNO2S. The van der Waals surface area contributed by atoms with E-state index in [1.807, 2.05) is 19.1 Å². The number of halogens is 1. The van der Waals surface area contributed by atoms with E-state index in [0.29, 0.717) is 11.5 Å². The zero-order valence-electron chi connectivity index (χ0n) is 13.8. The number of aromatic nitrogens is 1. The fraction of sp³-hybridized carbons (Fsp3) is 0.444. The maximum atomic E-state index is 13.2. The van der Waals surface area contributed by atoms with Crippen molar-refractivity contribution in [3.63, 3.8) is 0 Å². The van der Waals surface area contributed by atoms with Crippen molar-refractivity contribution in [1.29, 1.82) is 0 Å². The molecule has 0 saturated heterocycles. The van der Waals surface area contributed by atoms with Crippen LogP contribution in [0.3, 0.4) is 0 Å². The first-order chi connectivity index (χ1) is 11.0. The number of Topliss-reactive ketones (excluding diaryl/α,β-unsaturated/α-hetero) is 1. The summed E-state index contributed by atoms with van der Waals surface area (Å²) in [5.41, 5.74) is 1.44. The normalized spacial score (nSPS) is 12.3. The van der Waals surface area contributed by atoms with Crippen molar-refractivity contribution in [2.75, 3.05) is 0 Å². The van der Waals surface area contributed by atoms with Gasteiger partial charge in [-0.1, -0.05) is 43.5 Å². The van der Waals surface area contributed by atoms with Crippen LogP contribution in [0.5, 0.6) is 0 Å². The van der Waals surface area contributed by atoms with Gasteiger partial charge in [-0.2, -0.15) is 0 Å². The van der Waals surface area contributed by atoms with Crippen molar-refractivity contribution in [1.82, 2.24) is 5.16 Å². The molecule has 124 valence electrons. The number of benzene rings is 1. The first-order valence-corrected chi connectivity index (χ1v) is 8.80. The minimum atomic E-state index is -0.239. The number of ketones is 1. The Bertz CT molecular complexity index is 652. The van der Waals surface area contributed by atoms with E-state index in [2.05, 4.69) is 12.1 Å². The number of carbonyl (C=O) groups is 1. The van der Waals surface area contributed by atoms with Crippen LogP contribution in [0.4, 0.5) is 4.39 Å². The van der Waals surface area contributed by atoms with Crippen molar-refractivity contribution in [3.8, 4) is 0 Å². The van der Waals surface area contributed by atoms with E-state index in [1.54, 1.807) is 11.8 Å². The second-order valence-corrected chi connectivity index (χ2v) is 6.84. The van der Waals surface area contributed by atoms with E-state index in [4.69, 9.17) is 4.52 Å². The fourth-order valence-corrected chi connectivity index (χ4v) is 3.78. The Hall–Kier alpha value is -1.62. The Labute approximate surface area is 140 Å². The van der Waals surface area contributed by atoms with E-state index < -0.39 is 0 Å². The quantitative estimate of drug-likeness (QED) is 0.350. The van der Waals surface area contributed by atoms with Crippen LogP contribution in [0.25, 0.3) is 0 Å². The summed E-state index contributed by atoms with van der Waals surface area (Å²) in [6.45, 7) is 5.47. The summed E-state index contributed by atoms with van der Waals surface area (Å²) in [4.78, 5) is 12.5.